The van der Waals surface area contributed by atoms with E-state index in [1.54, 1.807) is 4.90 Å². The molecule has 0 radical (unpaired) electrons. The van der Waals surface area contributed by atoms with E-state index in [1.807, 2.05) is 32.2 Å². The van der Waals surface area contributed by atoms with E-state index in [-0.39, 0.29) is 11.9 Å². The van der Waals surface area contributed by atoms with Gasteiger partial charge in [-0.05, 0) is 40.5 Å². The first-order chi connectivity index (χ1) is 8.49. The molecule has 1 aromatic rings. The lowest BCUT2D eigenvalue weighted by molar-refractivity contribution is -0.129. The molecule has 1 heterocycles. The van der Waals surface area contributed by atoms with Gasteiger partial charge in [-0.2, -0.15) is 0 Å². The highest BCUT2D eigenvalue weighted by molar-refractivity contribution is 9.10. The van der Waals surface area contributed by atoms with Gasteiger partial charge in [-0.1, -0.05) is 6.07 Å². The van der Waals surface area contributed by atoms with Gasteiger partial charge in [0.1, 0.15) is 0 Å². The van der Waals surface area contributed by atoms with Crippen molar-refractivity contribution in [3.8, 4) is 0 Å². The number of hydrogen-bond donors (Lipinski definition) is 1. The quantitative estimate of drug-likeness (QED) is 0.905. The van der Waals surface area contributed by atoms with Crippen molar-refractivity contribution < 1.29 is 4.79 Å². The molecule has 1 aliphatic heterocycles. The Morgan fingerprint density at radius 1 is 1.39 bits per heavy atom. The number of nitrogens with two attached hydrogens (primary N) is 1. The minimum atomic E-state index is 0.0180. The standard InChI is InChI=1S/C13H18BrN3O/c1-9(15)10-3-4-12(11(14)7-10)17-6-5-16(2)13(18)8-17/h3-4,7,9H,5-6,8,15H2,1-2H3/t9-/m0/s1. The number of likely N-dealkylation sites (N-methyl/N-ethyl adjacent to an activating group) is 1. The number of carbonyl (C=O) groups is 1. The molecule has 0 aromatic heterocycles. The van der Waals surface area contributed by atoms with Gasteiger partial charge in [0.05, 0.1) is 12.2 Å². The molecule has 0 spiro atoms. The van der Waals surface area contributed by atoms with E-state index in [0.29, 0.717) is 6.54 Å². The van der Waals surface area contributed by atoms with Crippen LogP contribution in [0.25, 0.3) is 0 Å². The molecule has 1 atom stereocenters. The molecule has 0 bridgehead atoms. The molecule has 1 aromatic carbocycles. The Kier molecular flexibility index (Phi) is 3.92. The summed E-state index contributed by atoms with van der Waals surface area (Å²) in [6.45, 7) is 4.02. The Labute approximate surface area is 116 Å². The number of halogens is 1. The van der Waals surface area contributed by atoms with Gasteiger partial charge in [-0.25, -0.2) is 0 Å². The maximum Gasteiger partial charge on any atom is 0.241 e. The van der Waals surface area contributed by atoms with E-state index >= 15 is 0 Å². The molecule has 1 fully saturated rings. The monoisotopic (exact) mass is 311 g/mol. The third kappa shape index (κ3) is 2.67. The number of anilines is 1. The van der Waals surface area contributed by atoms with Gasteiger partial charge in [-0.3, -0.25) is 4.79 Å². The van der Waals surface area contributed by atoms with Crippen molar-refractivity contribution >= 4 is 27.5 Å². The largest absolute Gasteiger partial charge is 0.360 e. The van der Waals surface area contributed by atoms with Crippen LogP contribution in [0.4, 0.5) is 5.69 Å². The predicted octanol–water partition coefficient (Wildman–Crippen LogP) is 1.75. The molecule has 98 valence electrons. The van der Waals surface area contributed by atoms with Crippen LogP contribution in [0, 0.1) is 0 Å². The highest BCUT2D eigenvalue weighted by atomic mass is 79.9. The van der Waals surface area contributed by atoms with Crippen LogP contribution < -0.4 is 10.6 Å². The van der Waals surface area contributed by atoms with Crippen molar-refractivity contribution in [1.82, 2.24) is 4.90 Å². The molecule has 0 aliphatic carbocycles. The lowest BCUT2D eigenvalue weighted by Crippen LogP contribution is -2.48. The van der Waals surface area contributed by atoms with Crippen LogP contribution >= 0.6 is 15.9 Å². The molecule has 18 heavy (non-hydrogen) atoms. The second-order valence-electron chi connectivity index (χ2n) is 4.74. The van der Waals surface area contributed by atoms with Crippen molar-refractivity contribution in [2.75, 3.05) is 31.6 Å². The number of hydrogen-bond acceptors (Lipinski definition) is 3. The highest BCUT2D eigenvalue weighted by Crippen LogP contribution is 2.29. The van der Waals surface area contributed by atoms with Crippen molar-refractivity contribution in [3.63, 3.8) is 0 Å². The van der Waals surface area contributed by atoms with Crippen LogP contribution in [-0.4, -0.2) is 37.5 Å². The van der Waals surface area contributed by atoms with Crippen molar-refractivity contribution in [3.05, 3.63) is 28.2 Å². The van der Waals surface area contributed by atoms with Gasteiger partial charge in [-0.15, -0.1) is 0 Å². The van der Waals surface area contributed by atoms with E-state index in [0.717, 1.165) is 28.8 Å². The summed E-state index contributed by atoms with van der Waals surface area (Å²) < 4.78 is 0.995. The number of benzene rings is 1. The number of amides is 1. The fraction of sp³-hybridized carbons (Fsp3) is 0.462. The molecule has 1 aliphatic rings. The van der Waals surface area contributed by atoms with E-state index in [9.17, 15) is 4.79 Å². The highest BCUT2D eigenvalue weighted by Gasteiger charge is 2.22. The van der Waals surface area contributed by atoms with Crippen LogP contribution in [0.1, 0.15) is 18.5 Å². The summed E-state index contributed by atoms with van der Waals surface area (Å²) >= 11 is 3.56. The van der Waals surface area contributed by atoms with Gasteiger partial charge in [0, 0.05) is 30.7 Å². The van der Waals surface area contributed by atoms with Crippen LogP contribution in [0.3, 0.4) is 0 Å². The summed E-state index contributed by atoms with van der Waals surface area (Å²) in [7, 11) is 1.84. The summed E-state index contributed by atoms with van der Waals surface area (Å²) in [6.07, 6.45) is 0. The second-order valence-corrected chi connectivity index (χ2v) is 5.59. The smallest absolute Gasteiger partial charge is 0.241 e. The zero-order chi connectivity index (χ0) is 13.3. The Hall–Kier alpha value is -1.07. The minimum absolute atomic E-state index is 0.0180. The number of carbonyl (C=O) groups excluding carboxylic acids is 1. The average Bonchev–Trinajstić information content (AvgIpc) is 2.32. The van der Waals surface area contributed by atoms with Crippen molar-refractivity contribution in [1.29, 1.82) is 0 Å². The van der Waals surface area contributed by atoms with E-state index < -0.39 is 0 Å². The predicted molar refractivity (Wildman–Crippen MR) is 76.6 cm³/mol. The summed E-state index contributed by atoms with van der Waals surface area (Å²) in [5.41, 5.74) is 8.00. The molecule has 4 nitrogen and oxygen atoms in total. The summed E-state index contributed by atoms with van der Waals surface area (Å²) in [5.74, 6) is 0.157. The van der Waals surface area contributed by atoms with Crippen molar-refractivity contribution in [2.45, 2.75) is 13.0 Å². The van der Waals surface area contributed by atoms with E-state index in [1.165, 1.54) is 0 Å². The minimum Gasteiger partial charge on any atom is -0.360 e. The van der Waals surface area contributed by atoms with Crippen LogP contribution in [-0.2, 0) is 4.79 Å². The van der Waals surface area contributed by atoms with E-state index in [4.69, 9.17) is 5.73 Å². The first kappa shape index (κ1) is 13.4. The second kappa shape index (κ2) is 5.28. The molecule has 0 unspecified atom stereocenters. The fourth-order valence-corrected chi connectivity index (χ4v) is 2.67. The van der Waals surface area contributed by atoms with Crippen LogP contribution in [0.5, 0.6) is 0 Å². The molecular formula is C13H18BrN3O. The summed E-state index contributed by atoms with van der Waals surface area (Å²) in [4.78, 5) is 15.6. The average molecular weight is 312 g/mol. The Morgan fingerprint density at radius 3 is 2.67 bits per heavy atom. The summed E-state index contributed by atoms with van der Waals surface area (Å²) in [5, 5.41) is 0. The fourth-order valence-electron chi connectivity index (χ4n) is 2.03. The van der Waals surface area contributed by atoms with E-state index in [2.05, 4.69) is 20.8 Å². The third-order valence-electron chi connectivity index (χ3n) is 3.30. The first-order valence-electron chi connectivity index (χ1n) is 6.03. The number of nitrogens with zero attached hydrogens (tertiary/aromatic N) is 2. The molecule has 1 saturated heterocycles. The third-order valence-corrected chi connectivity index (χ3v) is 3.93. The Morgan fingerprint density at radius 2 is 2.11 bits per heavy atom. The maximum atomic E-state index is 11.7. The van der Waals surface area contributed by atoms with Gasteiger partial charge < -0.3 is 15.5 Å². The SMILES string of the molecule is C[C@H](N)c1ccc(N2CCN(C)C(=O)C2)c(Br)c1. The molecule has 0 saturated carbocycles. The van der Waals surface area contributed by atoms with Gasteiger partial charge in [0.25, 0.3) is 0 Å². The first-order valence-corrected chi connectivity index (χ1v) is 6.82. The lowest BCUT2D eigenvalue weighted by atomic mass is 10.1. The normalized spacial score (nSPS) is 18.1. The number of piperazine rings is 1. The molecule has 1 amide bonds. The van der Waals surface area contributed by atoms with Gasteiger partial charge in [0.15, 0.2) is 0 Å². The molecule has 5 heteroatoms. The maximum absolute atomic E-state index is 11.7. The zero-order valence-corrected chi connectivity index (χ0v) is 12.3. The Balaban J connectivity index is 2.21. The molecule has 2 rings (SSSR count). The Bertz CT molecular complexity index is 462. The topological polar surface area (TPSA) is 49.6 Å². The molecule has 2 N–H and O–H groups in total. The van der Waals surface area contributed by atoms with Crippen LogP contribution in [0.2, 0.25) is 0 Å². The van der Waals surface area contributed by atoms with Gasteiger partial charge >= 0.3 is 0 Å². The summed E-state index contributed by atoms with van der Waals surface area (Å²) in [6, 6.07) is 6.10. The van der Waals surface area contributed by atoms with Crippen molar-refractivity contribution in [2.24, 2.45) is 5.73 Å². The molecular weight excluding hydrogens is 294 g/mol. The van der Waals surface area contributed by atoms with Gasteiger partial charge in [0.2, 0.25) is 5.91 Å². The zero-order valence-electron chi connectivity index (χ0n) is 10.7. The van der Waals surface area contributed by atoms with Crippen LogP contribution in [0.15, 0.2) is 22.7 Å². The number of rotatable bonds is 2. The lowest BCUT2D eigenvalue weighted by Gasteiger charge is -2.34.